The molecule has 0 N–H and O–H groups in total. The maximum absolute atomic E-state index is 3.90. The molecule has 0 aliphatic carbocycles. The van der Waals surface area contributed by atoms with Crippen molar-refractivity contribution >= 4 is 26.5 Å². The molecule has 0 atom stereocenters. The van der Waals surface area contributed by atoms with E-state index in [1.54, 1.807) is 0 Å². The molecule has 0 radical (unpaired) electrons. The number of hydrogen-bond acceptors (Lipinski definition) is 0. The summed E-state index contributed by atoms with van der Waals surface area (Å²) >= 11 is -3.43. The van der Waals surface area contributed by atoms with Crippen LogP contribution >= 0.6 is 0 Å². The quantitative estimate of drug-likeness (QED) is 0.466. The Kier molecular flexibility index (Phi) is 8.19. The van der Waals surface area contributed by atoms with Crippen LogP contribution in [0.25, 0.3) is 0 Å². The van der Waals surface area contributed by atoms with E-state index < -0.39 is 26.5 Å². The van der Waals surface area contributed by atoms with Gasteiger partial charge in [0, 0.05) is 0 Å². The molecule has 0 aromatic heterocycles. The van der Waals surface area contributed by atoms with Gasteiger partial charge in [0.2, 0.25) is 0 Å². The molecule has 0 amide bonds. The molecule has 0 rings (SSSR count). The Hall–Kier alpha value is 0.646. The summed E-state index contributed by atoms with van der Waals surface area (Å²) in [4.78, 5) is 0. The van der Waals surface area contributed by atoms with E-state index in [4.69, 9.17) is 0 Å². The fourth-order valence-corrected chi connectivity index (χ4v) is 17.7. The van der Waals surface area contributed by atoms with Crippen LogP contribution in [-0.2, 0) is 0 Å². The van der Waals surface area contributed by atoms with E-state index in [1.165, 1.54) is 31.5 Å². The van der Waals surface area contributed by atoms with Gasteiger partial charge in [-0.3, -0.25) is 0 Å². The van der Waals surface area contributed by atoms with Crippen molar-refractivity contribution in [3.8, 4) is 9.51 Å². The summed E-state index contributed by atoms with van der Waals surface area (Å²) in [7, 11) is 0. The Labute approximate surface area is 109 Å². The van der Waals surface area contributed by atoms with Gasteiger partial charge < -0.3 is 0 Å². The van der Waals surface area contributed by atoms with Crippen LogP contribution in [0, 0.1) is 9.51 Å². The Bertz CT molecular complexity index is 199. The maximum atomic E-state index is 3.90. The van der Waals surface area contributed by atoms with Gasteiger partial charge in [-0.1, -0.05) is 0 Å². The van der Waals surface area contributed by atoms with Crippen LogP contribution in [0.5, 0.6) is 0 Å². The van der Waals surface area contributed by atoms with Gasteiger partial charge in [-0.2, -0.15) is 0 Å². The Balaban J connectivity index is 5.03. The Morgan fingerprint density at radius 1 is 0.500 bits per heavy atom. The summed E-state index contributed by atoms with van der Waals surface area (Å²) in [6, 6.07) is 0. The minimum absolute atomic E-state index is 1.40. The van der Waals surface area contributed by atoms with E-state index in [9.17, 15) is 0 Å². The van der Waals surface area contributed by atoms with Crippen LogP contribution in [0.2, 0.25) is 31.5 Å². The Morgan fingerprint density at radius 3 is 0.812 bits per heavy atom. The van der Waals surface area contributed by atoms with E-state index in [-0.39, 0.29) is 0 Å². The van der Waals surface area contributed by atoms with Crippen molar-refractivity contribution in [2.24, 2.45) is 0 Å². The topological polar surface area (TPSA) is 0 Å². The van der Waals surface area contributed by atoms with Crippen LogP contribution in [0.1, 0.15) is 41.5 Å². The fraction of sp³-hybridized carbons (Fsp3) is 0.857. The minimum atomic E-state index is -1.72. The van der Waals surface area contributed by atoms with Crippen LogP contribution in [0.3, 0.4) is 0 Å². The summed E-state index contributed by atoms with van der Waals surface area (Å²) < 4.78 is 7.79. The van der Waals surface area contributed by atoms with Crippen molar-refractivity contribution in [3.05, 3.63) is 0 Å². The molecule has 16 heavy (non-hydrogen) atoms. The molecule has 0 aromatic carbocycles. The van der Waals surface area contributed by atoms with Crippen molar-refractivity contribution < 1.29 is 0 Å². The molecule has 0 saturated carbocycles. The van der Waals surface area contributed by atoms with Gasteiger partial charge in [-0.25, -0.2) is 0 Å². The van der Waals surface area contributed by atoms with Crippen LogP contribution in [0.4, 0.5) is 0 Å². The predicted octanol–water partition coefficient (Wildman–Crippen LogP) is 5.09. The van der Waals surface area contributed by atoms with Crippen molar-refractivity contribution in [2.45, 2.75) is 73.1 Å². The monoisotopic (exact) mass is 346 g/mol. The van der Waals surface area contributed by atoms with Gasteiger partial charge >= 0.3 is 109 Å². The third-order valence-electron chi connectivity index (χ3n) is 4.65. The molecule has 94 valence electrons. The summed E-state index contributed by atoms with van der Waals surface area (Å²) in [6.45, 7) is 14.3. The Morgan fingerprint density at radius 2 is 0.688 bits per heavy atom. The van der Waals surface area contributed by atoms with Gasteiger partial charge in [-0.05, 0) is 0 Å². The van der Waals surface area contributed by atoms with E-state index in [2.05, 4.69) is 51.0 Å². The van der Waals surface area contributed by atoms with Gasteiger partial charge in [-0.15, -0.1) is 0 Å². The molecule has 0 nitrogen and oxygen atoms in total. The van der Waals surface area contributed by atoms with Gasteiger partial charge in [0.25, 0.3) is 0 Å². The molecule has 0 spiro atoms. The summed E-state index contributed by atoms with van der Waals surface area (Å²) in [5.74, 6) is 0. The molecule has 0 aliphatic heterocycles. The molecule has 0 unspecified atom stereocenters. The normalized spacial score (nSPS) is 12.1. The molecule has 0 aliphatic rings. The van der Waals surface area contributed by atoms with Crippen molar-refractivity contribution in [1.82, 2.24) is 0 Å². The first kappa shape index (κ1) is 16.6. The molecular weight excluding hydrogens is 313 g/mol. The zero-order valence-corrected chi connectivity index (χ0v) is 16.4. The van der Waals surface area contributed by atoms with E-state index in [0.717, 1.165) is 0 Å². The number of rotatable bonds is 6. The van der Waals surface area contributed by atoms with E-state index >= 15 is 0 Å². The van der Waals surface area contributed by atoms with Crippen molar-refractivity contribution in [2.75, 3.05) is 0 Å². The van der Waals surface area contributed by atoms with Crippen LogP contribution in [-0.4, -0.2) is 26.5 Å². The average molecular weight is 344 g/mol. The summed E-state index contributed by atoms with van der Waals surface area (Å²) in [6.07, 6.45) is 0. The number of hydrogen-bond donors (Lipinski definition) is 0. The molecule has 0 aromatic rings. The first-order chi connectivity index (χ1) is 7.57. The van der Waals surface area contributed by atoms with Crippen LogP contribution < -0.4 is 0 Å². The first-order valence-corrected chi connectivity index (χ1v) is 18.1. The molecule has 0 saturated heterocycles. The third kappa shape index (κ3) is 4.15. The van der Waals surface area contributed by atoms with Crippen LogP contribution in [0.15, 0.2) is 0 Å². The third-order valence-corrected chi connectivity index (χ3v) is 25.5. The molecule has 0 heterocycles. The summed E-state index contributed by atoms with van der Waals surface area (Å²) in [5.41, 5.74) is 0. The van der Waals surface area contributed by atoms with Crippen molar-refractivity contribution in [3.63, 3.8) is 0 Å². The summed E-state index contributed by atoms with van der Waals surface area (Å²) in [5, 5.41) is 8.39. The zero-order valence-electron chi connectivity index (χ0n) is 12.2. The second-order valence-corrected chi connectivity index (χ2v) is 25.6. The first-order valence-electron chi connectivity index (χ1n) is 7.11. The molecule has 2 heteroatoms. The SMILES string of the molecule is C[CH2][Ge]([C]#[C][Ge]([CH2]C)([CH2]C)[CH2]C)([CH2]C)[CH2]C. The van der Waals surface area contributed by atoms with E-state index in [0.29, 0.717) is 0 Å². The molecular formula is C14H30Ge2. The standard InChI is InChI=1S/C14H30Ge2/c1-7-15(8-2,9-3)13-14-16(10-4,11-5)12-6/h7-12H2,1-6H3. The van der Waals surface area contributed by atoms with Gasteiger partial charge in [0.15, 0.2) is 0 Å². The average Bonchev–Trinajstić information content (AvgIpc) is 2.37. The second kappa shape index (κ2) is 7.87. The van der Waals surface area contributed by atoms with Gasteiger partial charge in [0.1, 0.15) is 0 Å². The molecule has 0 bridgehead atoms. The predicted molar refractivity (Wildman–Crippen MR) is 82.2 cm³/mol. The fourth-order valence-electron chi connectivity index (χ4n) is 2.30. The molecule has 0 fully saturated rings. The van der Waals surface area contributed by atoms with Crippen molar-refractivity contribution in [1.29, 1.82) is 0 Å². The van der Waals surface area contributed by atoms with E-state index in [1.807, 2.05) is 0 Å². The zero-order chi connectivity index (χ0) is 12.7. The second-order valence-electron chi connectivity index (χ2n) is 4.93. The van der Waals surface area contributed by atoms with Gasteiger partial charge in [0.05, 0.1) is 0 Å².